The Morgan fingerprint density at radius 3 is 1.12 bits per heavy atom. The molecule has 0 heteroatoms. The molecular weight excluding hydrogens is 480 g/mol. The van der Waals surface area contributed by atoms with E-state index in [-0.39, 0.29) is 0 Å². The zero-order valence-corrected chi connectivity index (χ0v) is 29.1. The first kappa shape index (κ1) is 38.0. The first-order chi connectivity index (χ1) is 19.7. The molecule has 0 bridgehead atoms. The highest BCUT2D eigenvalue weighted by molar-refractivity contribution is 4.88. The summed E-state index contributed by atoms with van der Waals surface area (Å²) in [5.41, 5.74) is 0. The SMILES string of the molecule is CCCCCCCCCC1C(CCCCCCCC(C)CC)CCC(CCCCCC)C1CCCCCCCC. The van der Waals surface area contributed by atoms with Gasteiger partial charge in [-0.1, -0.05) is 202 Å². The van der Waals surface area contributed by atoms with Gasteiger partial charge in [-0.3, -0.25) is 0 Å². The van der Waals surface area contributed by atoms with Crippen LogP contribution in [0.2, 0.25) is 0 Å². The lowest BCUT2D eigenvalue weighted by molar-refractivity contribution is 0.0581. The smallest absolute Gasteiger partial charge is 0.0355 e. The van der Waals surface area contributed by atoms with Gasteiger partial charge >= 0.3 is 0 Å². The van der Waals surface area contributed by atoms with E-state index in [0.29, 0.717) is 0 Å². The summed E-state index contributed by atoms with van der Waals surface area (Å²) in [6.45, 7) is 11.9. The molecule has 1 fully saturated rings. The largest absolute Gasteiger partial charge is 0.0654 e. The zero-order valence-electron chi connectivity index (χ0n) is 29.1. The van der Waals surface area contributed by atoms with Gasteiger partial charge < -0.3 is 0 Å². The lowest BCUT2D eigenvalue weighted by Crippen LogP contribution is -2.35. The van der Waals surface area contributed by atoms with Crippen molar-refractivity contribution in [3.63, 3.8) is 0 Å². The van der Waals surface area contributed by atoms with Gasteiger partial charge in [0.1, 0.15) is 0 Å². The van der Waals surface area contributed by atoms with Crippen LogP contribution in [-0.4, -0.2) is 0 Å². The molecule has 0 N–H and O–H groups in total. The van der Waals surface area contributed by atoms with Gasteiger partial charge in [-0.15, -0.1) is 0 Å². The van der Waals surface area contributed by atoms with Gasteiger partial charge in [0, 0.05) is 0 Å². The number of unbranched alkanes of at least 4 members (excludes halogenated alkanes) is 18. The van der Waals surface area contributed by atoms with Crippen LogP contribution in [0.4, 0.5) is 0 Å². The minimum atomic E-state index is 0.938. The lowest BCUT2D eigenvalue weighted by Gasteiger charge is -2.44. The molecule has 5 unspecified atom stereocenters. The Bertz CT molecular complexity index is 494. The van der Waals surface area contributed by atoms with Crippen LogP contribution in [0, 0.1) is 29.6 Å². The molecule has 240 valence electrons. The molecule has 0 aromatic heterocycles. The van der Waals surface area contributed by atoms with Crippen molar-refractivity contribution in [3.8, 4) is 0 Å². The predicted octanol–water partition coefficient (Wildman–Crippen LogP) is 14.9. The van der Waals surface area contributed by atoms with E-state index >= 15 is 0 Å². The summed E-state index contributed by atoms with van der Waals surface area (Å²) in [5, 5.41) is 0. The van der Waals surface area contributed by atoms with E-state index in [2.05, 4.69) is 34.6 Å². The van der Waals surface area contributed by atoms with Crippen molar-refractivity contribution >= 4 is 0 Å². The molecule has 1 aliphatic rings. The summed E-state index contributed by atoms with van der Waals surface area (Å²) in [7, 11) is 0. The second kappa shape index (κ2) is 27.8. The van der Waals surface area contributed by atoms with Gasteiger partial charge in [0.2, 0.25) is 0 Å². The standard InChI is InChI=1S/C40H80/c1-6-10-13-16-18-23-28-33-40-38(31-26-21-19-20-24-29-36(5)9-4)35-34-37(30-25-15-12-8-3)39(40)32-27-22-17-14-11-7-2/h36-40H,6-35H2,1-5H3. The Morgan fingerprint density at radius 2 is 0.725 bits per heavy atom. The Kier molecular flexibility index (Phi) is 26.4. The van der Waals surface area contributed by atoms with E-state index in [4.69, 9.17) is 0 Å². The quantitative estimate of drug-likeness (QED) is 0.0798. The van der Waals surface area contributed by atoms with Crippen LogP contribution >= 0.6 is 0 Å². The molecule has 0 heterocycles. The van der Waals surface area contributed by atoms with Gasteiger partial charge in [0.15, 0.2) is 0 Å². The second-order valence-electron chi connectivity index (χ2n) is 14.6. The molecule has 0 radical (unpaired) electrons. The van der Waals surface area contributed by atoms with Crippen molar-refractivity contribution in [2.75, 3.05) is 0 Å². The summed E-state index contributed by atoms with van der Waals surface area (Å²) in [6, 6.07) is 0. The van der Waals surface area contributed by atoms with E-state index < -0.39 is 0 Å². The van der Waals surface area contributed by atoms with E-state index in [9.17, 15) is 0 Å². The van der Waals surface area contributed by atoms with E-state index in [0.717, 1.165) is 29.6 Å². The topological polar surface area (TPSA) is 0 Å². The molecule has 0 aromatic carbocycles. The fourth-order valence-electron chi connectivity index (χ4n) is 8.14. The highest BCUT2D eigenvalue weighted by Crippen LogP contribution is 2.47. The summed E-state index contributed by atoms with van der Waals surface area (Å²) in [4.78, 5) is 0. The van der Waals surface area contributed by atoms with Gasteiger partial charge in [-0.2, -0.15) is 0 Å². The Labute approximate surface area is 256 Å². The molecule has 0 aliphatic heterocycles. The molecule has 40 heavy (non-hydrogen) atoms. The Hall–Kier alpha value is 0. The average Bonchev–Trinajstić information content (AvgIpc) is 2.97. The monoisotopic (exact) mass is 561 g/mol. The summed E-state index contributed by atoms with van der Waals surface area (Å²) >= 11 is 0. The predicted molar refractivity (Wildman–Crippen MR) is 184 cm³/mol. The molecule has 1 saturated carbocycles. The van der Waals surface area contributed by atoms with Crippen LogP contribution in [0.5, 0.6) is 0 Å². The summed E-state index contributed by atoms with van der Waals surface area (Å²) in [5.74, 6) is 5.16. The van der Waals surface area contributed by atoms with Gasteiger partial charge in [-0.05, 0) is 55.3 Å². The number of hydrogen-bond acceptors (Lipinski definition) is 0. The highest BCUT2D eigenvalue weighted by Gasteiger charge is 2.37. The van der Waals surface area contributed by atoms with Crippen molar-refractivity contribution in [2.24, 2.45) is 29.6 Å². The third kappa shape index (κ3) is 19.2. The molecule has 1 rings (SSSR count). The molecule has 0 amide bonds. The fourth-order valence-corrected chi connectivity index (χ4v) is 8.14. The van der Waals surface area contributed by atoms with Crippen molar-refractivity contribution in [3.05, 3.63) is 0 Å². The Morgan fingerprint density at radius 1 is 0.400 bits per heavy atom. The van der Waals surface area contributed by atoms with Gasteiger partial charge in [-0.25, -0.2) is 0 Å². The molecule has 1 aliphatic carbocycles. The first-order valence-corrected chi connectivity index (χ1v) is 19.7. The second-order valence-corrected chi connectivity index (χ2v) is 14.6. The maximum Gasteiger partial charge on any atom is -0.0355 e. The normalized spacial score (nSPS) is 22.1. The maximum absolute atomic E-state index is 2.44. The van der Waals surface area contributed by atoms with Crippen LogP contribution in [0.15, 0.2) is 0 Å². The minimum absolute atomic E-state index is 0.938. The van der Waals surface area contributed by atoms with Crippen LogP contribution in [0.3, 0.4) is 0 Å². The zero-order chi connectivity index (χ0) is 29.1. The molecule has 5 atom stereocenters. The maximum atomic E-state index is 2.44. The number of hydrogen-bond donors (Lipinski definition) is 0. The third-order valence-electron chi connectivity index (χ3n) is 11.1. The van der Waals surface area contributed by atoms with Crippen molar-refractivity contribution in [1.82, 2.24) is 0 Å². The van der Waals surface area contributed by atoms with Crippen molar-refractivity contribution in [1.29, 1.82) is 0 Å². The molecule has 0 spiro atoms. The van der Waals surface area contributed by atoms with E-state index in [1.165, 1.54) is 154 Å². The third-order valence-corrected chi connectivity index (χ3v) is 11.1. The highest BCUT2D eigenvalue weighted by atomic mass is 14.4. The van der Waals surface area contributed by atoms with E-state index in [1.807, 2.05) is 0 Å². The van der Waals surface area contributed by atoms with Gasteiger partial charge in [0.05, 0.1) is 0 Å². The first-order valence-electron chi connectivity index (χ1n) is 19.7. The summed E-state index contributed by atoms with van der Waals surface area (Å²) < 4.78 is 0. The van der Waals surface area contributed by atoms with Crippen LogP contribution < -0.4 is 0 Å². The van der Waals surface area contributed by atoms with Gasteiger partial charge in [0.25, 0.3) is 0 Å². The van der Waals surface area contributed by atoms with Crippen LogP contribution in [-0.2, 0) is 0 Å². The summed E-state index contributed by atoms with van der Waals surface area (Å²) in [6.07, 6.45) is 44.6. The lowest BCUT2D eigenvalue weighted by atomic mass is 9.61. The van der Waals surface area contributed by atoms with Crippen molar-refractivity contribution in [2.45, 2.75) is 227 Å². The molecule has 0 nitrogen and oxygen atoms in total. The number of rotatable bonds is 29. The molecule has 0 aromatic rings. The minimum Gasteiger partial charge on any atom is -0.0654 e. The average molecular weight is 561 g/mol. The Balaban J connectivity index is 2.68. The van der Waals surface area contributed by atoms with Crippen LogP contribution in [0.1, 0.15) is 227 Å². The fraction of sp³-hybridized carbons (Fsp3) is 1.00. The van der Waals surface area contributed by atoms with Crippen molar-refractivity contribution < 1.29 is 0 Å². The van der Waals surface area contributed by atoms with E-state index in [1.54, 1.807) is 38.5 Å². The molecule has 0 saturated heterocycles. The molecular formula is C40H80. The van der Waals surface area contributed by atoms with Crippen LogP contribution in [0.25, 0.3) is 0 Å².